The SMILES string of the molecule is CN1CCN(c2ccnc3ccc(NC(=O)NC4Cc5ccc(O)cc5C4)cc23)CC1. The minimum Gasteiger partial charge on any atom is -0.508 e. The summed E-state index contributed by atoms with van der Waals surface area (Å²) in [5.41, 5.74) is 5.11. The number of nitrogens with zero attached hydrogens (tertiary/aromatic N) is 3. The highest BCUT2D eigenvalue weighted by Crippen LogP contribution is 2.29. The molecule has 0 bridgehead atoms. The smallest absolute Gasteiger partial charge is 0.319 e. The van der Waals surface area contributed by atoms with Crippen molar-refractivity contribution in [3.63, 3.8) is 0 Å². The molecule has 160 valence electrons. The first-order valence-corrected chi connectivity index (χ1v) is 10.8. The van der Waals surface area contributed by atoms with E-state index in [1.54, 1.807) is 12.1 Å². The van der Waals surface area contributed by atoms with E-state index in [0.29, 0.717) is 0 Å². The fraction of sp³-hybridized carbons (Fsp3) is 0.333. The molecule has 1 aromatic heterocycles. The van der Waals surface area contributed by atoms with Crippen LogP contribution in [0.2, 0.25) is 0 Å². The van der Waals surface area contributed by atoms with Gasteiger partial charge in [0.15, 0.2) is 0 Å². The number of hydrogen-bond acceptors (Lipinski definition) is 5. The Morgan fingerprint density at radius 1 is 1.03 bits per heavy atom. The summed E-state index contributed by atoms with van der Waals surface area (Å²) in [6.45, 7) is 4.02. The lowest BCUT2D eigenvalue weighted by atomic mass is 10.1. The van der Waals surface area contributed by atoms with E-state index in [9.17, 15) is 9.90 Å². The maximum Gasteiger partial charge on any atom is 0.319 e. The Bertz CT molecular complexity index is 1120. The average molecular weight is 418 g/mol. The van der Waals surface area contributed by atoms with Gasteiger partial charge in [0.05, 0.1) is 5.52 Å². The van der Waals surface area contributed by atoms with Crippen LogP contribution in [-0.2, 0) is 12.8 Å². The van der Waals surface area contributed by atoms with E-state index in [4.69, 9.17) is 0 Å². The Balaban J connectivity index is 1.29. The fourth-order valence-corrected chi connectivity index (χ4v) is 4.59. The third kappa shape index (κ3) is 4.14. The van der Waals surface area contributed by atoms with E-state index < -0.39 is 0 Å². The maximum atomic E-state index is 12.6. The number of benzene rings is 2. The number of likely N-dealkylation sites (N-methyl/N-ethyl adjacent to an activating group) is 1. The quantitative estimate of drug-likeness (QED) is 0.611. The number of phenols is 1. The van der Waals surface area contributed by atoms with E-state index in [-0.39, 0.29) is 17.8 Å². The van der Waals surface area contributed by atoms with Crippen molar-refractivity contribution < 1.29 is 9.90 Å². The zero-order valence-corrected chi connectivity index (χ0v) is 17.6. The molecular weight excluding hydrogens is 390 g/mol. The van der Waals surface area contributed by atoms with Gasteiger partial charge < -0.3 is 25.5 Å². The van der Waals surface area contributed by atoms with Crippen molar-refractivity contribution in [3.05, 3.63) is 59.8 Å². The van der Waals surface area contributed by atoms with Gasteiger partial charge in [-0.25, -0.2) is 4.79 Å². The van der Waals surface area contributed by atoms with Crippen molar-refractivity contribution in [1.82, 2.24) is 15.2 Å². The van der Waals surface area contributed by atoms with E-state index in [1.165, 1.54) is 5.56 Å². The number of pyridine rings is 1. The van der Waals surface area contributed by atoms with Gasteiger partial charge in [0.2, 0.25) is 0 Å². The number of piperazine rings is 1. The molecule has 3 N–H and O–H groups in total. The molecule has 0 saturated carbocycles. The standard InChI is InChI=1S/C24H27N5O2/c1-28-8-10-29(11-9-28)23-6-7-25-22-5-3-18(15-21(22)23)26-24(31)27-19-12-16-2-4-20(30)14-17(16)13-19/h2-7,14-15,19,30H,8-13H2,1H3,(H2,26,27,31). The molecule has 1 aliphatic carbocycles. The first-order valence-electron chi connectivity index (χ1n) is 10.8. The second-order valence-corrected chi connectivity index (χ2v) is 8.51. The van der Waals surface area contributed by atoms with Gasteiger partial charge in [-0.1, -0.05) is 6.07 Å². The summed E-state index contributed by atoms with van der Waals surface area (Å²) in [5, 5.41) is 16.8. The van der Waals surface area contributed by atoms with Crippen LogP contribution in [0.1, 0.15) is 11.1 Å². The number of hydrogen-bond donors (Lipinski definition) is 3. The van der Waals surface area contributed by atoms with Crippen LogP contribution < -0.4 is 15.5 Å². The lowest BCUT2D eigenvalue weighted by molar-refractivity contribution is 0.249. The van der Waals surface area contributed by atoms with E-state index >= 15 is 0 Å². The lowest BCUT2D eigenvalue weighted by Crippen LogP contribution is -2.44. The lowest BCUT2D eigenvalue weighted by Gasteiger charge is -2.34. The minimum atomic E-state index is -0.216. The normalized spacial score (nSPS) is 18.7. The predicted molar refractivity (Wildman–Crippen MR) is 123 cm³/mol. The average Bonchev–Trinajstić information content (AvgIpc) is 3.15. The number of aromatic nitrogens is 1. The number of urea groups is 1. The summed E-state index contributed by atoms with van der Waals surface area (Å²) >= 11 is 0. The second kappa shape index (κ2) is 8.07. The number of rotatable bonds is 3. The topological polar surface area (TPSA) is 80.7 Å². The van der Waals surface area contributed by atoms with Gasteiger partial charge in [0, 0.05) is 55.2 Å². The molecule has 1 unspecified atom stereocenters. The molecule has 2 amide bonds. The molecule has 3 aromatic rings. The molecule has 0 spiro atoms. The molecule has 2 aromatic carbocycles. The van der Waals surface area contributed by atoms with Crippen molar-refractivity contribution in [1.29, 1.82) is 0 Å². The Kier molecular flexibility index (Phi) is 5.11. The number of phenolic OH excluding ortho intramolecular Hbond substituents is 1. The molecule has 1 fully saturated rings. The number of aromatic hydroxyl groups is 1. The molecule has 2 heterocycles. The number of carbonyl (C=O) groups is 1. The largest absolute Gasteiger partial charge is 0.508 e. The molecule has 31 heavy (non-hydrogen) atoms. The van der Waals surface area contributed by atoms with Crippen molar-refractivity contribution >= 4 is 28.3 Å². The molecule has 2 aliphatic rings. The monoisotopic (exact) mass is 417 g/mol. The van der Waals surface area contributed by atoms with Gasteiger partial charge in [0.25, 0.3) is 0 Å². The molecular formula is C24H27N5O2. The van der Waals surface area contributed by atoms with Crippen molar-refractivity contribution in [2.24, 2.45) is 0 Å². The van der Waals surface area contributed by atoms with Crippen LogP contribution in [0.5, 0.6) is 5.75 Å². The molecule has 1 aliphatic heterocycles. The summed E-state index contributed by atoms with van der Waals surface area (Å²) in [6, 6.07) is 13.1. The van der Waals surface area contributed by atoms with Gasteiger partial charge in [-0.05, 0) is 67.4 Å². The van der Waals surface area contributed by atoms with Gasteiger partial charge >= 0.3 is 6.03 Å². The maximum absolute atomic E-state index is 12.6. The first kappa shape index (κ1) is 19.6. The highest BCUT2D eigenvalue weighted by atomic mass is 16.3. The number of nitrogens with one attached hydrogen (secondary N) is 2. The van der Waals surface area contributed by atoms with Gasteiger partial charge in [-0.2, -0.15) is 0 Å². The Morgan fingerprint density at radius 2 is 1.84 bits per heavy atom. The molecule has 7 heteroatoms. The predicted octanol–water partition coefficient (Wildman–Crippen LogP) is 2.98. The minimum absolute atomic E-state index is 0.0276. The Hall–Kier alpha value is -3.32. The van der Waals surface area contributed by atoms with Gasteiger partial charge in [0.1, 0.15) is 5.75 Å². The van der Waals surface area contributed by atoms with Crippen LogP contribution in [0.3, 0.4) is 0 Å². The molecule has 5 rings (SSSR count). The zero-order chi connectivity index (χ0) is 21.4. The summed E-state index contributed by atoms with van der Waals surface area (Å²) in [7, 11) is 2.15. The highest BCUT2D eigenvalue weighted by molar-refractivity contribution is 5.97. The molecule has 0 radical (unpaired) electrons. The molecule has 7 nitrogen and oxygen atoms in total. The van der Waals surface area contributed by atoms with Gasteiger partial charge in [-0.15, -0.1) is 0 Å². The third-order valence-corrected chi connectivity index (χ3v) is 6.28. The second-order valence-electron chi connectivity index (χ2n) is 8.51. The number of carbonyl (C=O) groups excluding carboxylic acids is 1. The van der Waals surface area contributed by atoms with E-state index in [2.05, 4.69) is 38.5 Å². The van der Waals surface area contributed by atoms with Crippen LogP contribution in [0.25, 0.3) is 10.9 Å². The number of fused-ring (bicyclic) bond motifs is 2. The van der Waals surface area contributed by atoms with E-state index in [1.807, 2.05) is 30.5 Å². The number of anilines is 2. The van der Waals surface area contributed by atoms with Crippen LogP contribution >= 0.6 is 0 Å². The van der Waals surface area contributed by atoms with Crippen LogP contribution in [0.15, 0.2) is 48.7 Å². The molecule has 1 saturated heterocycles. The van der Waals surface area contributed by atoms with Crippen molar-refractivity contribution in [2.45, 2.75) is 18.9 Å². The first-order chi connectivity index (χ1) is 15.0. The summed E-state index contributed by atoms with van der Waals surface area (Å²) < 4.78 is 0. The summed E-state index contributed by atoms with van der Waals surface area (Å²) in [5.74, 6) is 0.268. The van der Waals surface area contributed by atoms with Crippen LogP contribution in [0, 0.1) is 0 Å². The fourth-order valence-electron chi connectivity index (χ4n) is 4.59. The Labute approximate surface area is 181 Å². The van der Waals surface area contributed by atoms with Crippen molar-refractivity contribution in [2.75, 3.05) is 43.4 Å². The number of amides is 2. The van der Waals surface area contributed by atoms with Crippen molar-refractivity contribution in [3.8, 4) is 5.75 Å². The van der Waals surface area contributed by atoms with Crippen LogP contribution in [-0.4, -0.2) is 60.3 Å². The van der Waals surface area contributed by atoms with Gasteiger partial charge in [-0.3, -0.25) is 4.98 Å². The molecule has 1 atom stereocenters. The third-order valence-electron chi connectivity index (χ3n) is 6.28. The van der Waals surface area contributed by atoms with Crippen LogP contribution in [0.4, 0.5) is 16.2 Å². The summed E-state index contributed by atoms with van der Waals surface area (Å²) in [4.78, 5) is 21.9. The van der Waals surface area contributed by atoms with E-state index in [0.717, 1.165) is 66.9 Å². The summed E-state index contributed by atoms with van der Waals surface area (Å²) in [6.07, 6.45) is 3.36. The highest BCUT2D eigenvalue weighted by Gasteiger charge is 2.23. The zero-order valence-electron chi connectivity index (χ0n) is 17.6. The Morgan fingerprint density at radius 3 is 2.68 bits per heavy atom.